The lowest BCUT2D eigenvalue weighted by atomic mass is 10.1. The Balaban J connectivity index is 3.01. The van der Waals surface area contributed by atoms with Gasteiger partial charge in [0.05, 0.1) is 6.04 Å². The lowest BCUT2D eigenvalue weighted by Crippen LogP contribution is -2.13. The molecule has 3 nitrogen and oxygen atoms in total. The van der Waals surface area contributed by atoms with Crippen LogP contribution in [0.25, 0.3) is 0 Å². The highest BCUT2D eigenvalue weighted by Gasteiger charge is 2.08. The lowest BCUT2D eigenvalue weighted by molar-refractivity contribution is 0.132. The Morgan fingerprint density at radius 3 is 2.67 bits per heavy atom. The Labute approximate surface area is 69.4 Å². The number of nitrogens with one attached hydrogen (secondary N) is 1. The van der Waals surface area contributed by atoms with E-state index in [-0.39, 0.29) is 5.75 Å². The molecule has 0 amide bonds. The van der Waals surface area contributed by atoms with E-state index in [0.717, 1.165) is 6.07 Å². The van der Waals surface area contributed by atoms with Crippen LogP contribution in [0.2, 0.25) is 0 Å². The molecule has 3 N–H and O–H groups in total. The highest BCUT2D eigenvalue weighted by Crippen LogP contribution is 2.23. The molecule has 1 atom stereocenters. The highest BCUT2D eigenvalue weighted by molar-refractivity contribution is 5.34. The van der Waals surface area contributed by atoms with Gasteiger partial charge in [-0.3, -0.25) is 0 Å². The third kappa shape index (κ3) is 1.72. The first-order chi connectivity index (χ1) is 5.65. The van der Waals surface area contributed by atoms with Gasteiger partial charge in [0.2, 0.25) is 0 Å². The van der Waals surface area contributed by atoms with Gasteiger partial charge in [-0.2, -0.15) is 5.48 Å². The quantitative estimate of drug-likeness (QED) is 0.592. The van der Waals surface area contributed by atoms with Crippen molar-refractivity contribution in [3.05, 3.63) is 29.6 Å². The van der Waals surface area contributed by atoms with Crippen LogP contribution in [0.5, 0.6) is 5.75 Å². The van der Waals surface area contributed by atoms with Gasteiger partial charge >= 0.3 is 0 Å². The average molecular weight is 171 g/mol. The second-order valence-electron chi connectivity index (χ2n) is 2.55. The van der Waals surface area contributed by atoms with Crippen molar-refractivity contribution in [2.24, 2.45) is 0 Å². The maximum Gasteiger partial charge on any atom is 0.126 e. The minimum atomic E-state index is -0.499. The normalized spacial score (nSPS) is 12.9. The largest absolute Gasteiger partial charge is 0.508 e. The van der Waals surface area contributed by atoms with Crippen LogP contribution in [0.1, 0.15) is 18.5 Å². The number of aromatic hydroxyl groups is 1. The molecule has 1 unspecified atom stereocenters. The topological polar surface area (TPSA) is 52.5 Å². The number of phenols is 1. The summed E-state index contributed by atoms with van der Waals surface area (Å²) < 4.78 is 12.5. The van der Waals surface area contributed by atoms with E-state index in [4.69, 9.17) is 5.21 Å². The molecular formula is C8H10FNO2. The van der Waals surface area contributed by atoms with Crippen LogP contribution >= 0.6 is 0 Å². The summed E-state index contributed by atoms with van der Waals surface area (Å²) in [4.78, 5) is 0. The van der Waals surface area contributed by atoms with Crippen molar-refractivity contribution >= 4 is 0 Å². The fraction of sp³-hybridized carbons (Fsp3) is 0.250. The Hall–Kier alpha value is -1.13. The molecule has 0 aromatic heterocycles. The third-order valence-corrected chi connectivity index (χ3v) is 1.65. The van der Waals surface area contributed by atoms with Crippen molar-refractivity contribution < 1.29 is 14.7 Å². The maximum atomic E-state index is 12.5. The van der Waals surface area contributed by atoms with Gasteiger partial charge in [-0.1, -0.05) is 6.07 Å². The molecule has 0 bridgehead atoms. The number of hydrogen-bond acceptors (Lipinski definition) is 3. The number of rotatable bonds is 2. The monoisotopic (exact) mass is 171 g/mol. The van der Waals surface area contributed by atoms with Crippen molar-refractivity contribution in [2.45, 2.75) is 13.0 Å². The first-order valence-corrected chi connectivity index (χ1v) is 3.53. The summed E-state index contributed by atoms with van der Waals surface area (Å²) in [5, 5.41) is 17.7. The summed E-state index contributed by atoms with van der Waals surface area (Å²) >= 11 is 0. The fourth-order valence-corrected chi connectivity index (χ4v) is 0.953. The van der Waals surface area contributed by atoms with Crippen molar-refractivity contribution in [1.82, 2.24) is 5.48 Å². The van der Waals surface area contributed by atoms with Gasteiger partial charge in [-0.15, -0.1) is 0 Å². The summed E-state index contributed by atoms with van der Waals surface area (Å²) in [7, 11) is 0. The van der Waals surface area contributed by atoms with Crippen LogP contribution in [-0.4, -0.2) is 10.3 Å². The molecule has 12 heavy (non-hydrogen) atoms. The Bertz CT molecular complexity index is 278. The third-order valence-electron chi connectivity index (χ3n) is 1.65. The molecule has 0 spiro atoms. The van der Waals surface area contributed by atoms with Crippen LogP contribution in [-0.2, 0) is 0 Å². The summed E-state index contributed by atoms with van der Waals surface area (Å²) in [6.45, 7) is 1.65. The molecule has 0 aliphatic heterocycles. The standard InChI is InChI=1S/C8H10FNO2/c1-5(10-12)7-3-2-6(9)4-8(7)11/h2-5,10-12H,1H3. The minimum Gasteiger partial charge on any atom is -0.508 e. The highest BCUT2D eigenvalue weighted by atomic mass is 19.1. The van der Waals surface area contributed by atoms with Crippen LogP contribution in [0.3, 0.4) is 0 Å². The summed E-state index contributed by atoms with van der Waals surface area (Å²) in [5.41, 5.74) is 2.42. The molecule has 1 rings (SSSR count). The van der Waals surface area contributed by atoms with E-state index in [0.29, 0.717) is 5.56 Å². The zero-order chi connectivity index (χ0) is 9.14. The number of hydroxylamine groups is 1. The molecule has 66 valence electrons. The zero-order valence-electron chi connectivity index (χ0n) is 6.58. The minimum absolute atomic E-state index is 0.163. The Kier molecular flexibility index (Phi) is 2.62. The lowest BCUT2D eigenvalue weighted by Gasteiger charge is -2.10. The van der Waals surface area contributed by atoms with E-state index in [2.05, 4.69) is 0 Å². The van der Waals surface area contributed by atoms with Crippen molar-refractivity contribution in [3.63, 3.8) is 0 Å². The second-order valence-corrected chi connectivity index (χ2v) is 2.55. The van der Waals surface area contributed by atoms with Crippen LogP contribution in [0, 0.1) is 5.82 Å². The first-order valence-electron chi connectivity index (χ1n) is 3.53. The Morgan fingerprint density at radius 2 is 2.17 bits per heavy atom. The van der Waals surface area contributed by atoms with Gasteiger partial charge < -0.3 is 10.3 Å². The molecular weight excluding hydrogens is 161 g/mol. The molecule has 0 aliphatic rings. The van der Waals surface area contributed by atoms with Gasteiger partial charge in [0.1, 0.15) is 11.6 Å². The molecule has 0 heterocycles. The molecule has 0 saturated heterocycles. The molecule has 0 aliphatic carbocycles. The van der Waals surface area contributed by atoms with Gasteiger partial charge in [0, 0.05) is 11.6 Å². The molecule has 0 saturated carbocycles. The van der Waals surface area contributed by atoms with E-state index in [9.17, 15) is 9.50 Å². The molecule has 0 radical (unpaired) electrons. The fourth-order valence-electron chi connectivity index (χ4n) is 0.953. The average Bonchev–Trinajstić information content (AvgIpc) is 2.03. The first kappa shape index (κ1) is 8.96. The van der Waals surface area contributed by atoms with Crippen LogP contribution in [0.4, 0.5) is 4.39 Å². The summed E-state index contributed by atoms with van der Waals surface area (Å²) in [6, 6.07) is 3.23. The number of benzene rings is 1. The summed E-state index contributed by atoms with van der Waals surface area (Å²) in [6.07, 6.45) is 0. The SMILES string of the molecule is CC(NO)c1ccc(F)cc1O. The number of hydrogen-bond donors (Lipinski definition) is 3. The number of phenolic OH excluding ortho intramolecular Hbond substituents is 1. The van der Waals surface area contributed by atoms with E-state index in [1.165, 1.54) is 12.1 Å². The predicted molar refractivity (Wildman–Crippen MR) is 41.4 cm³/mol. The van der Waals surface area contributed by atoms with Crippen LogP contribution < -0.4 is 5.48 Å². The summed E-state index contributed by atoms with van der Waals surface area (Å²) in [5.74, 6) is -0.662. The maximum absolute atomic E-state index is 12.5. The molecule has 1 aromatic rings. The smallest absolute Gasteiger partial charge is 0.126 e. The van der Waals surface area contributed by atoms with Gasteiger partial charge in [-0.25, -0.2) is 4.39 Å². The number of halogens is 1. The van der Waals surface area contributed by atoms with E-state index >= 15 is 0 Å². The van der Waals surface area contributed by atoms with E-state index in [1.807, 2.05) is 5.48 Å². The molecule has 0 fully saturated rings. The van der Waals surface area contributed by atoms with Gasteiger partial charge in [0.25, 0.3) is 0 Å². The van der Waals surface area contributed by atoms with Crippen molar-refractivity contribution in [2.75, 3.05) is 0 Å². The second kappa shape index (κ2) is 3.51. The van der Waals surface area contributed by atoms with E-state index in [1.54, 1.807) is 6.92 Å². The van der Waals surface area contributed by atoms with Gasteiger partial charge in [0.15, 0.2) is 0 Å². The zero-order valence-corrected chi connectivity index (χ0v) is 6.58. The van der Waals surface area contributed by atoms with Crippen molar-refractivity contribution in [1.29, 1.82) is 0 Å². The van der Waals surface area contributed by atoms with E-state index < -0.39 is 11.9 Å². The molecule has 1 aromatic carbocycles. The predicted octanol–water partition coefficient (Wildman–Crippen LogP) is 1.57. The van der Waals surface area contributed by atoms with Crippen LogP contribution in [0.15, 0.2) is 18.2 Å². The molecule has 4 heteroatoms. The van der Waals surface area contributed by atoms with Crippen molar-refractivity contribution in [3.8, 4) is 5.75 Å². The Morgan fingerprint density at radius 1 is 1.50 bits per heavy atom. The van der Waals surface area contributed by atoms with Gasteiger partial charge in [-0.05, 0) is 13.0 Å².